The number of hydrogen-bond donors (Lipinski definition) is 1. The number of nitrogens with zero attached hydrogens (tertiary/aromatic N) is 1. The number of likely N-dealkylation sites (tertiary alicyclic amines) is 1. The van der Waals surface area contributed by atoms with Crippen molar-refractivity contribution in [2.24, 2.45) is 11.3 Å². The van der Waals surface area contributed by atoms with Crippen LogP contribution in [0, 0.1) is 11.3 Å². The van der Waals surface area contributed by atoms with Crippen molar-refractivity contribution in [1.29, 1.82) is 0 Å². The lowest BCUT2D eigenvalue weighted by atomic mass is 9.66. The third-order valence-corrected chi connectivity index (χ3v) is 7.04. The van der Waals surface area contributed by atoms with Crippen LogP contribution in [0.1, 0.15) is 49.7 Å². The number of hydrogen-bond acceptors (Lipinski definition) is 6. The Labute approximate surface area is 191 Å². The summed E-state index contributed by atoms with van der Waals surface area (Å²) in [4.78, 5) is 42.1. The molecule has 0 bridgehead atoms. The first-order chi connectivity index (χ1) is 15.5. The average molecular weight is 457 g/mol. The number of amides is 2. The van der Waals surface area contributed by atoms with E-state index in [0.29, 0.717) is 24.4 Å². The first kappa shape index (κ1) is 22.3. The van der Waals surface area contributed by atoms with Crippen molar-refractivity contribution in [3.63, 3.8) is 0 Å². The van der Waals surface area contributed by atoms with E-state index in [1.54, 1.807) is 41.6 Å². The van der Waals surface area contributed by atoms with E-state index in [1.165, 1.54) is 0 Å². The maximum absolute atomic E-state index is 13.5. The molecule has 2 aromatic rings. The Kier molecular flexibility index (Phi) is 6.79. The van der Waals surface area contributed by atoms with Crippen LogP contribution in [0.3, 0.4) is 0 Å². The van der Waals surface area contributed by atoms with Gasteiger partial charge >= 0.3 is 5.97 Å². The van der Waals surface area contributed by atoms with Crippen molar-refractivity contribution in [3.8, 4) is 0 Å². The van der Waals surface area contributed by atoms with E-state index in [2.05, 4.69) is 5.32 Å². The highest BCUT2D eigenvalue weighted by Gasteiger charge is 2.54. The number of allylic oxidation sites excluding steroid dienone is 1. The van der Waals surface area contributed by atoms with Gasteiger partial charge in [-0.1, -0.05) is 12.1 Å². The molecule has 170 valence electrons. The summed E-state index contributed by atoms with van der Waals surface area (Å²) in [6.45, 7) is 2.71. The molecule has 3 heterocycles. The Morgan fingerprint density at radius 2 is 2.22 bits per heavy atom. The SMILES string of the molecule is CCOC(=O)[C@]12CCCC=C1N(Cc1ccco1)C(=O)[C@H](CC(=O)NCc1cccs1)C2. The standard InChI is InChI=1S/C24H28N2O5S/c1-2-30-23(29)24-10-4-3-9-20(24)26(16-18-7-5-11-31-18)22(28)17(14-24)13-21(27)25-15-19-8-6-12-32-19/h5-9,11-12,17H,2-4,10,13-16H2,1H3,(H,25,27)/t17-,24+/m1/s1. The van der Waals surface area contributed by atoms with Gasteiger partial charge in [0.25, 0.3) is 0 Å². The number of carbonyl (C=O) groups excluding carboxylic acids is 3. The highest BCUT2D eigenvalue weighted by atomic mass is 32.1. The van der Waals surface area contributed by atoms with Crippen LogP contribution in [0.2, 0.25) is 0 Å². The van der Waals surface area contributed by atoms with Gasteiger partial charge in [0.05, 0.1) is 26.0 Å². The Bertz CT molecular complexity index is 982. The fraction of sp³-hybridized carbons (Fsp3) is 0.458. The second-order valence-corrected chi connectivity index (χ2v) is 9.28. The van der Waals surface area contributed by atoms with Gasteiger partial charge in [0.1, 0.15) is 11.2 Å². The normalized spacial score (nSPS) is 22.8. The van der Waals surface area contributed by atoms with E-state index in [0.717, 1.165) is 17.7 Å². The van der Waals surface area contributed by atoms with Gasteiger partial charge < -0.3 is 19.4 Å². The molecule has 1 N–H and O–H groups in total. The number of fused-ring (bicyclic) bond motifs is 1. The van der Waals surface area contributed by atoms with Crippen molar-refractivity contribution in [2.45, 2.75) is 52.1 Å². The lowest BCUT2D eigenvalue weighted by Gasteiger charge is -2.47. The van der Waals surface area contributed by atoms with Crippen LogP contribution in [-0.4, -0.2) is 29.3 Å². The highest BCUT2D eigenvalue weighted by Crippen LogP contribution is 2.50. The van der Waals surface area contributed by atoms with Crippen LogP contribution >= 0.6 is 11.3 Å². The number of rotatable bonds is 8. The minimum absolute atomic E-state index is 0.0350. The van der Waals surface area contributed by atoms with Crippen LogP contribution in [0.15, 0.2) is 52.1 Å². The number of thiophene rings is 1. The number of ether oxygens (including phenoxy) is 1. The number of esters is 1. The summed E-state index contributed by atoms with van der Waals surface area (Å²) in [6, 6.07) is 7.47. The van der Waals surface area contributed by atoms with Crippen molar-refractivity contribution in [3.05, 3.63) is 58.3 Å². The molecule has 32 heavy (non-hydrogen) atoms. The smallest absolute Gasteiger partial charge is 0.318 e. The van der Waals surface area contributed by atoms with Gasteiger partial charge in [-0.25, -0.2) is 0 Å². The van der Waals surface area contributed by atoms with Crippen molar-refractivity contribution in [2.75, 3.05) is 6.61 Å². The molecule has 1 saturated heterocycles. The minimum Gasteiger partial charge on any atom is -0.467 e. The predicted molar refractivity (Wildman–Crippen MR) is 119 cm³/mol. The zero-order valence-electron chi connectivity index (χ0n) is 18.2. The van der Waals surface area contributed by atoms with Crippen LogP contribution < -0.4 is 5.32 Å². The first-order valence-electron chi connectivity index (χ1n) is 11.0. The molecular weight excluding hydrogens is 428 g/mol. The molecule has 7 nitrogen and oxygen atoms in total. The van der Waals surface area contributed by atoms with Gasteiger partial charge in [0.2, 0.25) is 11.8 Å². The zero-order valence-corrected chi connectivity index (χ0v) is 19.0. The summed E-state index contributed by atoms with van der Waals surface area (Å²) in [6.07, 6.45) is 6.10. The molecule has 0 spiro atoms. The van der Waals surface area contributed by atoms with Gasteiger partial charge in [-0.05, 0) is 56.2 Å². The summed E-state index contributed by atoms with van der Waals surface area (Å²) in [5, 5.41) is 4.86. The number of piperidine rings is 1. The second-order valence-electron chi connectivity index (χ2n) is 8.25. The van der Waals surface area contributed by atoms with Crippen LogP contribution in [0.25, 0.3) is 0 Å². The fourth-order valence-corrected chi connectivity index (χ4v) is 5.37. The molecule has 1 aliphatic carbocycles. The maximum atomic E-state index is 13.5. The van der Waals surface area contributed by atoms with E-state index >= 15 is 0 Å². The van der Waals surface area contributed by atoms with Crippen molar-refractivity contribution >= 4 is 29.1 Å². The van der Waals surface area contributed by atoms with Crippen LogP contribution in [0.5, 0.6) is 0 Å². The molecular formula is C24H28N2O5S. The molecule has 2 aliphatic rings. The van der Waals surface area contributed by atoms with E-state index in [4.69, 9.17) is 9.15 Å². The largest absolute Gasteiger partial charge is 0.467 e. The van der Waals surface area contributed by atoms with Crippen molar-refractivity contribution in [1.82, 2.24) is 10.2 Å². The molecule has 2 aromatic heterocycles. The van der Waals surface area contributed by atoms with Gasteiger partial charge in [-0.15, -0.1) is 11.3 Å². The fourth-order valence-electron chi connectivity index (χ4n) is 4.72. The number of carbonyl (C=O) groups is 3. The summed E-state index contributed by atoms with van der Waals surface area (Å²) in [5.41, 5.74) is -0.216. The molecule has 1 fully saturated rings. The second kappa shape index (κ2) is 9.73. The number of furan rings is 1. The lowest BCUT2D eigenvalue weighted by molar-refractivity contribution is -0.162. The Balaban J connectivity index is 1.59. The van der Waals surface area contributed by atoms with Gasteiger partial charge in [0, 0.05) is 22.9 Å². The third kappa shape index (κ3) is 4.50. The van der Waals surface area contributed by atoms with E-state index in [1.807, 2.05) is 23.6 Å². The maximum Gasteiger partial charge on any atom is 0.318 e. The predicted octanol–water partition coefficient (Wildman–Crippen LogP) is 4.01. The Morgan fingerprint density at radius 3 is 2.94 bits per heavy atom. The van der Waals surface area contributed by atoms with E-state index < -0.39 is 11.3 Å². The Morgan fingerprint density at radius 1 is 1.34 bits per heavy atom. The Hall–Kier alpha value is -2.87. The van der Waals surface area contributed by atoms with Gasteiger partial charge in [-0.2, -0.15) is 0 Å². The van der Waals surface area contributed by atoms with Crippen LogP contribution in [-0.2, 0) is 32.2 Å². The zero-order chi connectivity index (χ0) is 22.6. The summed E-state index contributed by atoms with van der Waals surface area (Å²) in [7, 11) is 0. The topological polar surface area (TPSA) is 88.8 Å². The summed E-state index contributed by atoms with van der Waals surface area (Å²) in [5.74, 6) is -0.636. The molecule has 1 aliphatic heterocycles. The van der Waals surface area contributed by atoms with Crippen molar-refractivity contribution < 1.29 is 23.5 Å². The lowest BCUT2D eigenvalue weighted by Crippen LogP contribution is -2.54. The first-order valence-corrected chi connectivity index (χ1v) is 11.9. The summed E-state index contributed by atoms with van der Waals surface area (Å²) < 4.78 is 11.0. The molecule has 8 heteroatoms. The number of nitrogens with one attached hydrogen (secondary N) is 1. The third-order valence-electron chi connectivity index (χ3n) is 6.17. The van der Waals surface area contributed by atoms with Gasteiger partial charge in [-0.3, -0.25) is 14.4 Å². The molecule has 2 atom stereocenters. The van der Waals surface area contributed by atoms with E-state index in [-0.39, 0.29) is 43.8 Å². The minimum atomic E-state index is -0.909. The molecule has 2 amide bonds. The molecule has 0 unspecified atom stereocenters. The molecule has 4 rings (SSSR count). The average Bonchev–Trinajstić information content (AvgIpc) is 3.49. The van der Waals surface area contributed by atoms with E-state index in [9.17, 15) is 14.4 Å². The molecule has 0 saturated carbocycles. The van der Waals surface area contributed by atoms with Crippen LogP contribution in [0.4, 0.5) is 0 Å². The highest BCUT2D eigenvalue weighted by molar-refractivity contribution is 7.09. The quantitative estimate of drug-likeness (QED) is 0.606. The summed E-state index contributed by atoms with van der Waals surface area (Å²) >= 11 is 1.57. The van der Waals surface area contributed by atoms with Gasteiger partial charge in [0.15, 0.2) is 0 Å². The molecule has 0 radical (unpaired) electrons. The molecule has 0 aromatic carbocycles. The monoisotopic (exact) mass is 456 g/mol.